The topological polar surface area (TPSA) is 89.9 Å². The van der Waals surface area contributed by atoms with Gasteiger partial charge in [0.1, 0.15) is 6.04 Å². The molecule has 1 fully saturated rings. The van der Waals surface area contributed by atoms with Crippen molar-refractivity contribution in [3.63, 3.8) is 0 Å². The van der Waals surface area contributed by atoms with Gasteiger partial charge in [0.25, 0.3) is 0 Å². The molecule has 1 aliphatic heterocycles. The van der Waals surface area contributed by atoms with E-state index in [4.69, 9.17) is 10.2 Å². The van der Waals surface area contributed by atoms with Crippen LogP contribution in [0.3, 0.4) is 0 Å². The summed E-state index contributed by atoms with van der Waals surface area (Å²) in [4.78, 5) is 23.5. The fourth-order valence-electron chi connectivity index (χ4n) is 2.15. The van der Waals surface area contributed by atoms with Gasteiger partial charge in [0.15, 0.2) is 0 Å². The average Bonchev–Trinajstić information content (AvgIpc) is 2.62. The summed E-state index contributed by atoms with van der Waals surface area (Å²) in [5.74, 6) is -1.60. The van der Waals surface area contributed by atoms with Crippen molar-refractivity contribution >= 4 is 11.9 Å². The first kappa shape index (κ1) is 13.9. The van der Waals surface area contributed by atoms with Crippen LogP contribution in [0, 0.1) is 5.92 Å². The highest BCUT2D eigenvalue weighted by Crippen LogP contribution is 2.17. The van der Waals surface area contributed by atoms with Crippen LogP contribution in [0.25, 0.3) is 0 Å². The molecule has 3 N–H and O–H groups in total. The molecule has 0 amide bonds. The second-order valence-electron chi connectivity index (χ2n) is 4.65. The third-order valence-electron chi connectivity index (χ3n) is 3.11. The Balaban J connectivity index is 2.22. The van der Waals surface area contributed by atoms with Crippen molar-refractivity contribution in [2.75, 3.05) is 26.7 Å². The minimum Gasteiger partial charge on any atom is -0.481 e. The molecule has 17 heavy (non-hydrogen) atoms. The zero-order valence-corrected chi connectivity index (χ0v) is 10.1. The van der Waals surface area contributed by atoms with Crippen molar-refractivity contribution in [3.05, 3.63) is 0 Å². The number of carboxylic acids is 2. The molecule has 0 aromatic carbocycles. The predicted octanol–water partition coefficient (Wildman–Crippen LogP) is -0.154. The molecule has 0 aromatic heterocycles. The van der Waals surface area contributed by atoms with Gasteiger partial charge in [0, 0.05) is 6.54 Å². The van der Waals surface area contributed by atoms with Crippen LogP contribution in [0.4, 0.5) is 0 Å². The Morgan fingerprint density at radius 3 is 2.65 bits per heavy atom. The van der Waals surface area contributed by atoms with Gasteiger partial charge >= 0.3 is 11.9 Å². The van der Waals surface area contributed by atoms with Gasteiger partial charge in [0.05, 0.1) is 6.42 Å². The van der Waals surface area contributed by atoms with Gasteiger partial charge in [-0.3, -0.25) is 9.59 Å². The lowest BCUT2D eigenvalue weighted by molar-refractivity contribution is -0.145. The lowest BCUT2D eigenvalue weighted by Crippen LogP contribution is -2.39. The molecule has 2 unspecified atom stereocenters. The molecule has 0 spiro atoms. The first-order valence-corrected chi connectivity index (χ1v) is 5.85. The first-order valence-electron chi connectivity index (χ1n) is 5.85. The second-order valence-corrected chi connectivity index (χ2v) is 4.65. The van der Waals surface area contributed by atoms with E-state index < -0.39 is 18.0 Å². The Bertz CT molecular complexity index is 283. The van der Waals surface area contributed by atoms with Crippen LogP contribution in [0.15, 0.2) is 0 Å². The van der Waals surface area contributed by atoms with Gasteiger partial charge in [-0.25, -0.2) is 0 Å². The maximum Gasteiger partial charge on any atom is 0.321 e. The largest absolute Gasteiger partial charge is 0.481 e. The van der Waals surface area contributed by atoms with Gasteiger partial charge < -0.3 is 20.4 Å². The van der Waals surface area contributed by atoms with Gasteiger partial charge in [0.2, 0.25) is 0 Å². The molecular formula is C11H20N2O4. The lowest BCUT2D eigenvalue weighted by atomic mass is 10.0. The molecule has 0 aliphatic carbocycles. The zero-order valence-electron chi connectivity index (χ0n) is 10.1. The van der Waals surface area contributed by atoms with E-state index in [0.29, 0.717) is 12.5 Å². The van der Waals surface area contributed by atoms with E-state index in [2.05, 4.69) is 17.3 Å². The molecule has 6 nitrogen and oxygen atoms in total. The molecule has 0 radical (unpaired) electrons. The van der Waals surface area contributed by atoms with Crippen molar-refractivity contribution < 1.29 is 19.8 Å². The zero-order chi connectivity index (χ0) is 12.8. The van der Waals surface area contributed by atoms with Crippen LogP contribution >= 0.6 is 0 Å². The van der Waals surface area contributed by atoms with Gasteiger partial charge in [-0.05, 0) is 38.9 Å². The number of nitrogens with zero attached hydrogens (tertiary/aromatic N) is 1. The van der Waals surface area contributed by atoms with Crippen molar-refractivity contribution in [2.24, 2.45) is 5.92 Å². The Hall–Kier alpha value is -1.14. The van der Waals surface area contributed by atoms with Crippen LogP contribution in [0.5, 0.6) is 0 Å². The number of rotatable bonds is 7. The Morgan fingerprint density at radius 1 is 1.47 bits per heavy atom. The summed E-state index contributed by atoms with van der Waals surface area (Å²) in [7, 11) is 2.07. The van der Waals surface area contributed by atoms with E-state index in [9.17, 15) is 9.59 Å². The Morgan fingerprint density at radius 2 is 2.18 bits per heavy atom. The minimum atomic E-state index is -1.10. The highest BCUT2D eigenvalue weighted by atomic mass is 16.4. The first-order chi connectivity index (χ1) is 7.99. The number of likely N-dealkylation sites (tertiary alicyclic amines) is 1. The Labute approximate surface area is 101 Å². The lowest BCUT2D eigenvalue weighted by Gasteiger charge is -2.14. The number of carboxylic acid groups (broad SMARTS) is 2. The van der Waals surface area contributed by atoms with Crippen LogP contribution in [-0.4, -0.2) is 59.8 Å². The van der Waals surface area contributed by atoms with Crippen LogP contribution < -0.4 is 5.32 Å². The number of hydrogen-bond donors (Lipinski definition) is 3. The summed E-state index contributed by atoms with van der Waals surface area (Å²) in [5.41, 5.74) is 0. The molecule has 6 heteroatoms. The molecule has 98 valence electrons. The molecular weight excluding hydrogens is 224 g/mol. The average molecular weight is 244 g/mol. The molecule has 1 rings (SSSR count). The van der Waals surface area contributed by atoms with E-state index in [1.807, 2.05) is 0 Å². The van der Waals surface area contributed by atoms with Gasteiger partial charge in [-0.15, -0.1) is 0 Å². The van der Waals surface area contributed by atoms with E-state index >= 15 is 0 Å². The summed E-state index contributed by atoms with van der Waals surface area (Å²) >= 11 is 0. The number of aliphatic carboxylic acids is 2. The van der Waals surface area contributed by atoms with Crippen LogP contribution in [-0.2, 0) is 9.59 Å². The fraction of sp³-hybridized carbons (Fsp3) is 0.818. The molecule has 1 heterocycles. The third-order valence-corrected chi connectivity index (χ3v) is 3.11. The minimum absolute atomic E-state index is 0.375. The summed E-state index contributed by atoms with van der Waals surface area (Å²) in [6, 6.07) is -0.980. The standard InChI is InChI=1S/C11H20N2O4/c1-13-5-3-8(7-13)2-4-12-9(11(16)17)6-10(14)15/h8-9,12H,2-7H2,1H3,(H,14,15)(H,16,17). The van der Waals surface area contributed by atoms with Gasteiger partial charge in [-0.2, -0.15) is 0 Å². The summed E-state index contributed by atoms with van der Waals surface area (Å²) < 4.78 is 0. The van der Waals surface area contributed by atoms with Crippen molar-refractivity contribution in [2.45, 2.75) is 25.3 Å². The smallest absolute Gasteiger partial charge is 0.321 e. The monoisotopic (exact) mass is 244 g/mol. The van der Waals surface area contributed by atoms with E-state index in [1.54, 1.807) is 0 Å². The van der Waals surface area contributed by atoms with Gasteiger partial charge in [-0.1, -0.05) is 0 Å². The number of carbonyl (C=O) groups is 2. The molecule has 2 atom stereocenters. The van der Waals surface area contributed by atoms with Crippen LogP contribution in [0.1, 0.15) is 19.3 Å². The van der Waals surface area contributed by atoms with E-state index in [0.717, 1.165) is 25.9 Å². The summed E-state index contributed by atoms with van der Waals surface area (Å²) in [6.07, 6.45) is 1.66. The van der Waals surface area contributed by atoms with E-state index in [-0.39, 0.29) is 6.42 Å². The predicted molar refractivity (Wildman–Crippen MR) is 61.9 cm³/mol. The van der Waals surface area contributed by atoms with Crippen molar-refractivity contribution in [1.82, 2.24) is 10.2 Å². The molecule has 0 saturated carbocycles. The maximum atomic E-state index is 10.8. The molecule has 0 bridgehead atoms. The SMILES string of the molecule is CN1CCC(CCNC(CC(=O)O)C(=O)O)C1. The van der Waals surface area contributed by atoms with Crippen molar-refractivity contribution in [3.8, 4) is 0 Å². The summed E-state index contributed by atoms with van der Waals surface area (Å²) in [5, 5.41) is 20.2. The van der Waals surface area contributed by atoms with E-state index in [1.165, 1.54) is 0 Å². The number of nitrogens with one attached hydrogen (secondary N) is 1. The molecule has 1 saturated heterocycles. The highest BCUT2D eigenvalue weighted by molar-refractivity contribution is 5.80. The fourth-order valence-corrected chi connectivity index (χ4v) is 2.15. The van der Waals surface area contributed by atoms with Crippen molar-refractivity contribution in [1.29, 1.82) is 0 Å². The Kier molecular flexibility index (Phi) is 5.37. The number of hydrogen-bond acceptors (Lipinski definition) is 4. The maximum absolute atomic E-state index is 10.8. The second kappa shape index (κ2) is 6.56. The molecule has 1 aliphatic rings. The third kappa shape index (κ3) is 5.14. The molecule has 0 aromatic rings. The highest BCUT2D eigenvalue weighted by Gasteiger charge is 2.22. The van der Waals surface area contributed by atoms with Crippen LogP contribution in [0.2, 0.25) is 0 Å². The quantitative estimate of drug-likeness (QED) is 0.577. The normalized spacial score (nSPS) is 22.5. The summed E-state index contributed by atoms with van der Waals surface area (Å²) in [6.45, 7) is 2.68.